The number of rotatable bonds is 7. The third-order valence-electron chi connectivity index (χ3n) is 5.76. The van der Waals surface area contributed by atoms with E-state index in [0.29, 0.717) is 12.1 Å². The summed E-state index contributed by atoms with van der Waals surface area (Å²) in [6.07, 6.45) is 9.59. The van der Waals surface area contributed by atoms with Crippen molar-refractivity contribution < 1.29 is 4.74 Å². The molecule has 0 aromatic rings. The van der Waals surface area contributed by atoms with Gasteiger partial charge < -0.3 is 19.9 Å². The molecular formula is C20H40N4O. The Labute approximate surface area is 155 Å². The molecule has 1 atom stereocenters. The fourth-order valence-electron chi connectivity index (χ4n) is 4.33. The molecule has 1 N–H and O–H groups in total. The van der Waals surface area contributed by atoms with Crippen LogP contribution < -0.4 is 5.32 Å². The van der Waals surface area contributed by atoms with Crippen LogP contribution in [0.2, 0.25) is 0 Å². The maximum atomic E-state index is 5.79. The molecule has 0 bridgehead atoms. The van der Waals surface area contributed by atoms with Crippen molar-refractivity contribution in [2.45, 2.75) is 70.9 Å². The third kappa shape index (κ3) is 6.45. The molecule has 1 saturated heterocycles. The minimum Gasteiger partial charge on any atom is -0.378 e. The van der Waals surface area contributed by atoms with Crippen LogP contribution in [0, 0.1) is 5.92 Å². The van der Waals surface area contributed by atoms with E-state index >= 15 is 0 Å². The molecule has 1 heterocycles. The van der Waals surface area contributed by atoms with Gasteiger partial charge in [0.05, 0.1) is 12.6 Å². The summed E-state index contributed by atoms with van der Waals surface area (Å²) < 4.78 is 5.79. The summed E-state index contributed by atoms with van der Waals surface area (Å²) in [5.41, 5.74) is 0. The summed E-state index contributed by atoms with van der Waals surface area (Å²) in [4.78, 5) is 9.87. The van der Waals surface area contributed by atoms with Gasteiger partial charge in [0.2, 0.25) is 0 Å². The van der Waals surface area contributed by atoms with Gasteiger partial charge >= 0.3 is 0 Å². The van der Waals surface area contributed by atoms with E-state index in [1.54, 1.807) is 0 Å². The molecule has 5 nitrogen and oxygen atoms in total. The van der Waals surface area contributed by atoms with Crippen molar-refractivity contribution in [3.63, 3.8) is 0 Å². The average molecular weight is 353 g/mol. The first kappa shape index (κ1) is 20.5. The van der Waals surface area contributed by atoms with Crippen molar-refractivity contribution >= 4 is 5.96 Å². The molecule has 0 amide bonds. The molecule has 25 heavy (non-hydrogen) atoms. The Morgan fingerprint density at radius 1 is 1.12 bits per heavy atom. The lowest BCUT2D eigenvalue weighted by atomic mass is 9.83. The second-order valence-electron chi connectivity index (χ2n) is 7.77. The Morgan fingerprint density at radius 3 is 2.36 bits per heavy atom. The van der Waals surface area contributed by atoms with Crippen LogP contribution in [0.15, 0.2) is 4.99 Å². The molecule has 146 valence electrons. The fourth-order valence-corrected chi connectivity index (χ4v) is 4.33. The predicted molar refractivity (Wildman–Crippen MR) is 106 cm³/mol. The second-order valence-corrected chi connectivity index (χ2v) is 7.77. The molecule has 2 rings (SSSR count). The van der Waals surface area contributed by atoms with Crippen molar-refractivity contribution in [1.29, 1.82) is 0 Å². The van der Waals surface area contributed by atoms with Crippen molar-refractivity contribution in [2.75, 3.05) is 46.9 Å². The molecule has 1 saturated carbocycles. The van der Waals surface area contributed by atoms with E-state index in [-0.39, 0.29) is 0 Å². The monoisotopic (exact) mass is 352 g/mol. The molecule has 1 aliphatic carbocycles. The van der Waals surface area contributed by atoms with E-state index in [0.717, 1.165) is 57.5 Å². The summed E-state index contributed by atoms with van der Waals surface area (Å²) >= 11 is 0. The summed E-state index contributed by atoms with van der Waals surface area (Å²) in [5.74, 6) is 1.90. The zero-order chi connectivity index (χ0) is 18.1. The lowest BCUT2D eigenvalue weighted by Gasteiger charge is -2.36. The number of nitrogens with zero attached hydrogens (tertiary/aromatic N) is 3. The lowest BCUT2D eigenvalue weighted by molar-refractivity contribution is 0.0263. The molecule has 2 fully saturated rings. The van der Waals surface area contributed by atoms with Crippen LogP contribution in [0.3, 0.4) is 0 Å². The van der Waals surface area contributed by atoms with Gasteiger partial charge in [0.15, 0.2) is 5.96 Å². The van der Waals surface area contributed by atoms with Gasteiger partial charge in [0.25, 0.3) is 0 Å². The van der Waals surface area contributed by atoms with Crippen molar-refractivity contribution in [2.24, 2.45) is 10.9 Å². The van der Waals surface area contributed by atoms with E-state index in [4.69, 9.17) is 9.73 Å². The zero-order valence-electron chi connectivity index (χ0n) is 17.0. The number of ether oxygens (including phenoxy) is 1. The number of piperidine rings is 1. The average Bonchev–Trinajstić information content (AvgIpc) is 2.63. The molecule has 0 aromatic heterocycles. The normalized spacial score (nSPS) is 22.4. The number of nitrogens with one attached hydrogen (secondary N) is 1. The van der Waals surface area contributed by atoms with E-state index in [9.17, 15) is 0 Å². The number of aliphatic imine (C=N–C) groups is 1. The molecular weight excluding hydrogens is 312 g/mol. The number of guanidine groups is 1. The summed E-state index contributed by atoms with van der Waals surface area (Å²) in [5, 5.41) is 3.51. The highest BCUT2D eigenvalue weighted by atomic mass is 16.5. The Kier molecular flexibility index (Phi) is 9.04. The van der Waals surface area contributed by atoms with E-state index in [2.05, 4.69) is 43.1 Å². The van der Waals surface area contributed by atoms with Gasteiger partial charge in [0.1, 0.15) is 0 Å². The lowest BCUT2D eigenvalue weighted by Crippen LogP contribution is -2.48. The van der Waals surface area contributed by atoms with Crippen LogP contribution in [0.1, 0.15) is 58.8 Å². The fraction of sp³-hybridized carbons (Fsp3) is 0.950. The van der Waals surface area contributed by atoms with E-state index < -0.39 is 0 Å². The van der Waals surface area contributed by atoms with E-state index in [1.165, 1.54) is 32.1 Å². The largest absolute Gasteiger partial charge is 0.378 e. The number of hydrogen-bond acceptors (Lipinski definition) is 3. The van der Waals surface area contributed by atoms with Gasteiger partial charge in [-0.05, 0) is 59.5 Å². The maximum absolute atomic E-state index is 5.79. The number of likely N-dealkylation sites (tertiary alicyclic amines) is 1. The Balaban J connectivity index is 1.95. The Bertz CT molecular complexity index is 385. The summed E-state index contributed by atoms with van der Waals surface area (Å²) in [6.45, 7) is 9.01. The first-order valence-electron chi connectivity index (χ1n) is 10.5. The quantitative estimate of drug-likeness (QED) is 0.565. The van der Waals surface area contributed by atoms with Crippen LogP contribution in [0.5, 0.6) is 0 Å². The Hall–Kier alpha value is -0.810. The standard InChI is InChI=1S/C20H40N4O/c1-5-21-20(24-14-12-18(13-15-24)25-6-2)22-16-19(23(3)4)17-10-8-7-9-11-17/h17-19H,5-16H2,1-4H3,(H,21,22). The van der Waals surface area contributed by atoms with Crippen LogP contribution in [-0.4, -0.2) is 74.8 Å². The van der Waals surface area contributed by atoms with Crippen molar-refractivity contribution in [3.05, 3.63) is 0 Å². The minimum atomic E-state index is 0.431. The Morgan fingerprint density at radius 2 is 1.80 bits per heavy atom. The highest BCUT2D eigenvalue weighted by molar-refractivity contribution is 5.80. The SMILES string of the molecule is CCNC(=NCC(C1CCCCC1)N(C)C)N1CCC(OCC)CC1. The second kappa shape index (κ2) is 11.0. The summed E-state index contributed by atoms with van der Waals surface area (Å²) in [7, 11) is 4.44. The zero-order valence-corrected chi connectivity index (χ0v) is 17.0. The van der Waals surface area contributed by atoms with Gasteiger partial charge in [-0.25, -0.2) is 0 Å². The van der Waals surface area contributed by atoms with Crippen LogP contribution in [0.4, 0.5) is 0 Å². The van der Waals surface area contributed by atoms with Crippen LogP contribution in [-0.2, 0) is 4.74 Å². The minimum absolute atomic E-state index is 0.431. The predicted octanol–water partition coefficient (Wildman–Crippen LogP) is 2.96. The molecule has 0 spiro atoms. The first-order chi connectivity index (χ1) is 12.2. The topological polar surface area (TPSA) is 40.1 Å². The molecule has 1 unspecified atom stereocenters. The molecule has 5 heteroatoms. The third-order valence-corrected chi connectivity index (χ3v) is 5.76. The maximum Gasteiger partial charge on any atom is 0.193 e. The molecule has 2 aliphatic rings. The van der Waals surface area contributed by atoms with Gasteiger partial charge in [-0.15, -0.1) is 0 Å². The molecule has 0 radical (unpaired) electrons. The van der Waals surface area contributed by atoms with Crippen LogP contribution in [0.25, 0.3) is 0 Å². The van der Waals surface area contributed by atoms with Crippen LogP contribution >= 0.6 is 0 Å². The van der Waals surface area contributed by atoms with Gasteiger partial charge in [0, 0.05) is 32.3 Å². The van der Waals surface area contributed by atoms with E-state index in [1.807, 2.05) is 0 Å². The smallest absolute Gasteiger partial charge is 0.193 e. The molecule has 1 aliphatic heterocycles. The van der Waals surface area contributed by atoms with Gasteiger partial charge in [-0.3, -0.25) is 4.99 Å². The highest BCUT2D eigenvalue weighted by Crippen LogP contribution is 2.28. The number of hydrogen-bond donors (Lipinski definition) is 1. The van der Waals surface area contributed by atoms with Crippen molar-refractivity contribution in [3.8, 4) is 0 Å². The highest BCUT2D eigenvalue weighted by Gasteiger charge is 2.26. The van der Waals surface area contributed by atoms with Gasteiger partial charge in [-0.1, -0.05) is 19.3 Å². The number of likely N-dealkylation sites (N-methyl/N-ethyl adjacent to an activating group) is 1. The van der Waals surface area contributed by atoms with Gasteiger partial charge in [-0.2, -0.15) is 0 Å². The molecule has 0 aromatic carbocycles. The first-order valence-corrected chi connectivity index (χ1v) is 10.5. The summed E-state index contributed by atoms with van der Waals surface area (Å²) in [6, 6.07) is 0.565. The van der Waals surface area contributed by atoms with Crippen molar-refractivity contribution in [1.82, 2.24) is 15.1 Å².